The monoisotopic (exact) mass is 214 g/mol. The van der Waals surface area contributed by atoms with Crippen LogP contribution in [0.15, 0.2) is 0 Å². The maximum absolute atomic E-state index is 7.75. The molecule has 0 N–H and O–H groups in total. The molecule has 0 fully saturated rings. The number of hydrogen-bond donors (Lipinski definition) is 0. The van der Waals surface area contributed by atoms with Crippen molar-refractivity contribution in [3.05, 3.63) is 7.43 Å². The van der Waals surface area contributed by atoms with Gasteiger partial charge >= 0.3 is 19.5 Å². The van der Waals surface area contributed by atoms with Crippen molar-refractivity contribution < 1.29 is 24.3 Å². The summed E-state index contributed by atoms with van der Waals surface area (Å²) in [4.78, 5) is 7.75. The molecule has 0 spiro atoms. The molecule has 0 amide bonds. The van der Waals surface area contributed by atoms with Crippen LogP contribution in [-0.2, 0) is 24.3 Å². The maximum atomic E-state index is 7.75. The minimum absolute atomic E-state index is 0. The molecular formula is C2H10OP2Ru. The molecular weight excluding hydrogens is 203 g/mol. The molecule has 0 bridgehead atoms. The van der Waals surface area contributed by atoms with Crippen LogP contribution in [0, 0.1) is 7.43 Å². The topological polar surface area (TPSA) is 17.1 Å². The maximum Gasteiger partial charge on any atom is 2.00 e. The Morgan fingerprint density at radius 2 is 1.00 bits per heavy atom. The van der Waals surface area contributed by atoms with Gasteiger partial charge in [-0.15, -0.1) is 0 Å². The van der Waals surface area contributed by atoms with Crippen LogP contribution >= 0.6 is 19.8 Å². The summed E-state index contributed by atoms with van der Waals surface area (Å²) in [6, 6.07) is 0. The Balaban J connectivity index is -0.000000000833. The van der Waals surface area contributed by atoms with E-state index < -0.39 is 0 Å². The zero-order valence-corrected chi connectivity index (χ0v) is 8.32. The molecule has 0 radical (unpaired) electrons. The zero-order valence-electron chi connectivity index (χ0n) is 3.75. The summed E-state index contributed by atoms with van der Waals surface area (Å²) in [5, 5.41) is 0. The number of hydrogen-bond acceptors (Lipinski definition) is 1. The largest absolute Gasteiger partial charge is 2.00 e. The SMILES string of the molecule is P.P.[CH-]=O.[CH3-].[Ru+2]. The summed E-state index contributed by atoms with van der Waals surface area (Å²) in [5.74, 6) is 0. The quantitative estimate of drug-likeness (QED) is 0.244. The molecule has 0 aliphatic heterocycles. The molecule has 2 atom stereocenters. The predicted molar refractivity (Wildman–Crippen MR) is 35.4 cm³/mol. The van der Waals surface area contributed by atoms with Crippen molar-refractivity contribution in [2.24, 2.45) is 0 Å². The van der Waals surface area contributed by atoms with Crippen LogP contribution in [0.3, 0.4) is 0 Å². The van der Waals surface area contributed by atoms with Crippen molar-refractivity contribution in [2.45, 2.75) is 0 Å². The standard InChI is InChI=1S/CHO.CH3.2H3P.Ru/c1-2;;;;/h1H;3*1H3;/q2*-1;;;+2. The van der Waals surface area contributed by atoms with E-state index in [1.54, 1.807) is 0 Å². The van der Waals surface area contributed by atoms with Crippen LogP contribution in [-0.4, -0.2) is 6.79 Å². The summed E-state index contributed by atoms with van der Waals surface area (Å²) >= 11 is 0. The van der Waals surface area contributed by atoms with Gasteiger partial charge in [0.15, 0.2) is 0 Å². The van der Waals surface area contributed by atoms with E-state index in [9.17, 15) is 0 Å². The van der Waals surface area contributed by atoms with E-state index in [1.807, 2.05) is 0 Å². The van der Waals surface area contributed by atoms with E-state index in [-0.39, 0.29) is 46.7 Å². The fraction of sp³-hybridized carbons (Fsp3) is 0. The molecule has 6 heavy (non-hydrogen) atoms. The van der Waals surface area contributed by atoms with Crippen LogP contribution in [0.4, 0.5) is 0 Å². The second-order valence-corrected chi connectivity index (χ2v) is 0. The van der Waals surface area contributed by atoms with Crippen LogP contribution in [0.1, 0.15) is 0 Å². The van der Waals surface area contributed by atoms with Gasteiger partial charge in [-0.2, -0.15) is 19.8 Å². The van der Waals surface area contributed by atoms with E-state index in [4.69, 9.17) is 4.79 Å². The Kier molecular flexibility index (Phi) is 1200. The third kappa shape index (κ3) is 66.8. The first-order chi connectivity index (χ1) is 1.00. The first kappa shape index (κ1) is 58.4. The second kappa shape index (κ2) is 123. The minimum atomic E-state index is 0. The average molecular weight is 213 g/mol. The minimum Gasteiger partial charge on any atom is -0.545 e. The molecule has 0 saturated carbocycles. The van der Waals surface area contributed by atoms with Crippen molar-refractivity contribution in [3.8, 4) is 0 Å². The third-order valence-corrected chi connectivity index (χ3v) is 0. The van der Waals surface area contributed by atoms with Gasteiger partial charge in [0.05, 0.1) is 0 Å². The Hall–Kier alpha value is 1.15. The van der Waals surface area contributed by atoms with Crippen LogP contribution in [0.2, 0.25) is 0 Å². The van der Waals surface area contributed by atoms with Gasteiger partial charge in [0.1, 0.15) is 0 Å². The van der Waals surface area contributed by atoms with E-state index >= 15 is 0 Å². The molecule has 0 aromatic carbocycles. The normalized spacial score (nSPS) is 0.667. The second-order valence-electron chi connectivity index (χ2n) is 0. The van der Waals surface area contributed by atoms with E-state index in [0.717, 1.165) is 0 Å². The van der Waals surface area contributed by atoms with Gasteiger partial charge in [-0.05, 0) is 0 Å². The first-order valence-corrected chi connectivity index (χ1v) is 0.236. The molecule has 0 aliphatic rings. The third-order valence-electron chi connectivity index (χ3n) is 0. The van der Waals surface area contributed by atoms with Gasteiger partial charge in [0.25, 0.3) is 0 Å². The Morgan fingerprint density at radius 3 is 1.00 bits per heavy atom. The summed E-state index contributed by atoms with van der Waals surface area (Å²) < 4.78 is 0. The van der Waals surface area contributed by atoms with Crippen molar-refractivity contribution in [3.63, 3.8) is 0 Å². The summed E-state index contributed by atoms with van der Waals surface area (Å²) in [6.07, 6.45) is 0. The molecule has 2 unspecified atom stereocenters. The van der Waals surface area contributed by atoms with Crippen LogP contribution < -0.4 is 0 Å². The molecule has 4 heteroatoms. The molecule has 0 aromatic heterocycles. The van der Waals surface area contributed by atoms with Gasteiger partial charge in [0, 0.05) is 0 Å². The van der Waals surface area contributed by atoms with Gasteiger partial charge in [-0.3, -0.25) is 6.79 Å². The Bertz CT molecular complexity index is 11.5. The van der Waals surface area contributed by atoms with Gasteiger partial charge in [-0.1, -0.05) is 0 Å². The molecule has 0 rings (SSSR count). The van der Waals surface area contributed by atoms with Gasteiger partial charge < -0.3 is 12.2 Å². The molecule has 0 saturated heterocycles. The van der Waals surface area contributed by atoms with Gasteiger partial charge in [0.2, 0.25) is 0 Å². The van der Waals surface area contributed by atoms with Crippen molar-refractivity contribution in [1.82, 2.24) is 0 Å². The van der Waals surface area contributed by atoms with Gasteiger partial charge in [-0.25, -0.2) is 0 Å². The fourth-order valence-electron chi connectivity index (χ4n) is 0. The Morgan fingerprint density at radius 1 is 1.00 bits per heavy atom. The van der Waals surface area contributed by atoms with Crippen LogP contribution in [0.5, 0.6) is 0 Å². The Labute approximate surface area is 58.7 Å². The molecule has 1 nitrogen and oxygen atoms in total. The molecule has 42 valence electrons. The van der Waals surface area contributed by atoms with Crippen molar-refractivity contribution in [1.29, 1.82) is 0 Å². The number of carbonyl (C=O) groups excluding carboxylic acids is 1. The summed E-state index contributed by atoms with van der Waals surface area (Å²) in [7, 11) is 0. The van der Waals surface area contributed by atoms with E-state index in [0.29, 0.717) is 0 Å². The summed E-state index contributed by atoms with van der Waals surface area (Å²) in [5.41, 5.74) is 0. The fourth-order valence-corrected chi connectivity index (χ4v) is 0. The average Bonchev–Trinajstić information content (AvgIpc) is 1.00. The molecule has 0 heterocycles. The van der Waals surface area contributed by atoms with Crippen LogP contribution in [0.25, 0.3) is 0 Å². The smallest absolute Gasteiger partial charge is 0.545 e. The zero-order chi connectivity index (χ0) is 2.00. The van der Waals surface area contributed by atoms with E-state index in [2.05, 4.69) is 6.79 Å². The predicted octanol–water partition coefficient (Wildman–Crippen LogP) is 0.290. The molecule has 0 aliphatic carbocycles. The van der Waals surface area contributed by atoms with Crippen molar-refractivity contribution in [2.75, 3.05) is 0 Å². The van der Waals surface area contributed by atoms with E-state index in [1.165, 1.54) is 0 Å². The molecule has 0 aromatic rings. The summed E-state index contributed by atoms with van der Waals surface area (Å²) in [6.45, 7) is 3.25. The van der Waals surface area contributed by atoms with Crippen molar-refractivity contribution >= 4 is 26.6 Å². The first-order valence-electron chi connectivity index (χ1n) is 0.236. The number of rotatable bonds is 0.